The molecule has 2 aromatic carbocycles. The lowest BCUT2D eigenvalue weighted by molar-refractivity contribution is -0.168. The molecule has 1 saturated carbocycles. The van der Waals surface area contributed by atoms with Gasteiger partial charge < -0.3 is 14.2 Å². The number of imide groups is 1. The zero-order valence-electron chi connectivity index (χ0n) is 21.7. The molecular weight excluding hydrogens is 494 g/mol. The van der Waals surface area contributed by atoms with Gasteiger partial charge in [-0.2, -0.15) is 0 Å². The Labute approximate surface area is 226 Å². The Bertz CT molecular complexity index is 1480. The highest BCUT2D eigenvalue weighted by molar-refractivity contribution is 6.25. The summed E-state index contributed by atoms with van der Waals surface area (Å²) in [5.74, 6) is -1.94. The van der Waals surface area contributed by atoms with Crippen molar-refractivity contribution in [1.29, 1.82) is 0 Å². The number of furan rings is 1. The van der Waals surface area contributed by atoms with Crippen LogP contribution in [-0.4, -0.2) is 52.1 Å². The lowest BCUT2D eigenvalue weighted by atomic mass is 9.74. The van der Waals surface area contributed by atoms with E-state index in [1.165, 1.54) is 4.90 Å². The van der Waals surface area contributed by atoms with E-state index in [0.29, 0.717) is 29.7 Å². The molecule has 3 unspecified atom stereocenters. The first-order valence-electron chi connectivity index (χ1n) is 13.5. The molecule has 3 aliphatic heterocycles. The Hall–Kier alpha value is -4.20. The molecule has 4 heterocycles. The van der Waals surface area contributed by atoms with Crippen molar-refractivity contribution in [3.05, 3.63) is 89.9 Å². The van der Waals surface area contributed by atoms with Crippen LogP contribution in [0.25, 0.3) is 0 Å². The second-order valence-corrected chi connectivity index (χ2v) is 11.2. The van der Waals surface area contributed by atoms with Crippen LogP contribution in [0.1, 0.15) is 36.0 Å². The van der Waals surface area contributed by atoms with Gasteiger partial charge in [0.05, 0.1) is 24.1 Å². The predicted octanol–water partition coefficient (Wildman–Crippen LogP) is 3.51. The molecule has 8 heteroatoms. The molecule has 39 heavy (non-hydrogen) atoms. The number of carbonyl (C=O) groups is 4. The normalized spacial score (nSPS) is 28.3. The molecule has 0 radical (unpaired) electrons. The van der Waals surface area contributed by atoms with E-state index >= 15 is 0 Å². The molecule has 0 spiro atoms. The highest BCUT2D eigenvalue weighted by atomic mass is 16.3. The summed E-state index contributed by atoms with van der Waals surface area (Å²) in [6, 6.07) is 20.9. The standard InChI is InChI=1S/C31H29N3O5/c1-19-12-15-23(39-19)27-25-26(29(37)33(28(25)36)22-10-6-3-7-11-22)31(16-20-8-4-2-5-9-20)30(38)32(17-21-13-14-21)18-24(35)34(27)31/h2-12,15,21,25-27H,13-14,16-18H2,1H3/t25?,26?,27?,31-/m1/s1. The average Bonchev–Trinajstić information content (AvgIpc) is 3.47. The Kier molecular flexibility index (Phi) is 5.30. The van der Waals surface area contributed by atoms with Crippen LogP contribution in [0.3, 0.4) is 0 Å². The maximum atomic E-state index is 14.7. The average molecular weight is 524 g/mol. The van der Waals surface area contributed by atoms with Gasteiger partial charge in [0.25, 0.3) is 0 Å². The summed E-state index contributed by atoms with van der Waals surface area (Å²) in [5.41, 5.74) is -0.259. The first-order chi connectivity index (χ1) is 18.9. The van der Waals surface area contributed by atoms with E-state index in [9.17, 15) is 19.2 Å². The molecule has 3 saturated heterocycles. The summed E-state index contributed by atoms with van der Waals surface area (Å²) in [5, 5.41) is 0. The van der Waals surface area contributed by atoms with Crippen LogP contribution >= 0.6 is 0 Å². The number of para-hydroxylation sites is 1. The summed E-state index contributed by atoms with van der Waals surface area (Å²) in [6.45, 7) is 2.22. The zero-order chi connectivity index (χ0) is 26.9. The Morgan fingerprint density at radius 3 is 2.21 bits per heavy atom. The van der Waals surface area contributed by atoms with Crippen LogP contribution < -0.4 is 4.90 Å². The SMILES string of the molecule is Cc1ccc(C2C3C(=O)N(c4ccccc4)C(=O)C3[C@]3(Cc4ccccc4)C(=O)N(CC4CC4)CC(=O)N23)o1. The third-order valence-electron chi connectivity index (χ3n) is 8.73. The van der Waals surface area contributed by atoms with E-state index in [0.717, 1.165) is 18.4 Å². The molecule has 0 N–H and O–H groups in total. The number of aryl methyl sites for hydroxylation is 1. The first kappa shape index (κ1) is 23.9. The number of anilines is 1. The number of amides is 4. The fourth-order valence-corrected chi connectivity index (χ4v) is 6.95. The van der Waals surface area contributed by atoms with Crippen molar-refractivity contribution in [3.8, 4) is 0 Å². The first-order valence-corrected chi connectivity index (χ1v) is 13.5. The van der Waals surface area contributed by atoms with E-state index < -0.39 is 35.2 Å². The third kappa shape index (κ3) is 3.50. The maximum Gasteiger partial charge on any atom is 0.250 e. The molecule has 8 nitrogen and oxygen atoms in total. The lowest BCUT2D eigenvalue weighted by Gasteiger charge is -2.49. The highest BCUT2D eigenvalue weighted by Gasteiger charge is 2.75. The van der Waals surface area contributed by atoms with E-state index in [1.807, 2.05) is 36.4 Å². The van der Waals surface area contributed by atoms with Crippen LogP contribution in [0, 0.1) is 24.7 Å². The molecule has 4 amide bonds. The second-order valence-electron chi connectivity index (χ2n) is 11.2. The topological polar surface area (TPSA) is 91.1 Å². The summed E-state index contributed by atoms with van der Waals surface area (Å²) in [7, 11) is 0. The van der Waals surface area contributed by atoms with Crippen LogP contribution in [0.2, 0.25) is 0 Å². The fourth-order valence-electron chi connectivity index (χ4n) is 6.95. The molecule has 1 aromatic heterocycles. The van der Waals surface area contributed by atoms with Crippen molar-refractivity contribution in [2.75, 3.05) is 18.0 Å². The van der Waals surface area contributed by atoms with Gasteiger partial charge in [-0.3, -0.25) is 19.2 Å². The molecule has 3 aromatic rings. The number of carbonyl (C=O) groups excluding carboxylic acids is 4. The van der Waals surface area contributed by atoms with Crippen molar-refractivity contribution < 1.29 is 23.6 Å². The maximum absolute atomic E-state index is 14.7. The fraction of sp³-hybridized carbons (Fsp3) is 0.355. The van der Waals surface area contributed by atoms with Gasteiger partial charge in [-0.05, 0) is 55.5 Å². The van der Waals surface area contributed by atoms with Crippen LogP contribution in [0.5, 0.6) is 0 Å². The number of piperazine rings is 1. The lowest BCUT2D eigenvalue weighted by Crippen LogP contribution is -2.70. The Morgan fingerprint density at radius 2 is 1.56 bits per heavy atom. The number of rotatable bonds is 6. The molecule has 4 atom stereocenters. The number of benzene rings is 2. The van der Waals surface area contributed by atoms with E-state index in [1.54, 1.807) is 53.1 Å². The van der Waals surface area contributed by atoms with E-state index in [2.05, 4.69) is 0 Å². The van der Waals surface area contributed by atoms with Gasteiger partial charge in [0, 0.05) is 13.0 Å². The van der Waals surface area contributed by atoms with Gasteiger partial charge in [-0.25, -0.2) is 4.90 Å². The number of hydrogen-bond donors (Lipinski definition) is 0. The summed E-state index contributed by atoms with van der Waals surface area (Å²) < 4.78 is 6.03. The van der Waals surface area contributed by atoms with Gasteiger partial charge in [-0.1, -0.05) is 48.5 Å². The highest BCUT2D eigenvalue weighted by Crippen LogP contribution is 2.58. The van der Waals surface area contributed by atoms with Gasteiger partial charge in [0.2, 0.25) is 23.6 Å². The molecule has 7 rings (SSSR count). The molecule has 4 aliphatic rings. The van der Waals surface area contributed by atoms with Crippen molar-refractivity contribution in [1.82, 2.24) is 9.80 Å². The van der Waals surface area contributed by atoms with E-state index in [4.69, 9.17) is 4.42 Å². The minimum Gasteiger partial charge on any atom is -0.464 e. The number of hydrogen-bond acceptors (Lipinski definition) is 5. The Balaban J connectivity index is 1.45. The summed E-state index contributed by atoms with van der Waals surface area (Å²) >= 11 is 0. The van der Waals surface area contributed by atoms with Crippen molar-refractivity contribution in [2.45, 2.75) is 37.8 Å². The number of fused-ring (bicyclic) bond motifs is 3. The predicted molar refractivity (Wildman–Crippen MR) is 141 cm³/mol. The van der Waals surface area contributed by atoms with Gasteiger partial charge in [0.15, 0.2) is 0 Å². The molecular formula is C31H29N3O5. The van der Waals surface area contributed by atoms with Gasteiger partial charge in [0.1, 0.15) is 23.1 Å². The van der Waals surface area contributed by atoms with E-state index in [-0.39, 0.29) is 24.8 Å². The largest absolute Gasteiger partial charge is 0.464 e. The van der Waals surface area contributed by atoms with Crippen LogP contribution in [-0.2, 0) is 25.6 Å². The monoisotopic (exact) mass is 523 g/mol. The van der Waals surface area contributed by atoms with Crippen molar-refractivity contribution >= 4 is 29.3 Å². The molecule has 198 valence electrons. The van der Waals surface area contributed by atoms with Gasteiger partial charge >= 0.3 is 0 Å². The Morgan fingerprint density at radius 1 is 0.872 bits per heavy atom. The molecule has 0 bridgehead atoms. The molecule has 4 fully saturated rings. The van der Waals surface area contributed by atoms with Crippen LogP contribution in [0.15, 0.2) is 77.2 Å². The number of nitrogens with zero attached hydrogens (tertiary/aromatic N) is 3. The zero-order valence-corrected chi connectivity index (χ0v) is 21.7. The quantitative estimate of drug-likeness (QED) is 0.461. The third-order valence-corrected chi connectivity index (χ3v) is 8.73. The smallest absolute Gasteiger partial charge is 0.250 e. The molecule has 1 aliphatic carbocycles. The minimum absolute atomic E-state index is 0.0632. The summed E-state index contributed by atoms with van der Waals surface area (Å²) in [6.07, 6.45) is 2.18. The van der Waals surface area contributed by atoms with Gasteiger partial charge in [-0.15, -0.1) is 0 Å². The van der Waals surface area contributed by atoms with Crippen LogP contribution in [0.4, 0.5) is 5.69 Å². The minimum atomic E-state index is -1.54. The van der Waals surface area contributed by atoms with Crippen molar-refractivity contribution in [2.24, 2.45) is 17.8 Å². The summed E-state index contributed by atoms with van der Waals surface area (Å²) in [4.78, 5) is 61.7. The second kappa shape index (κ2) is 8.66. The van der Waals surface area contributed by atoms with Crippen molar-refractivity contribution in [3.63, 3.8) is 0 Å².